The van der Waals surface area contributed by atoms with Crippen LogP contribution in [-0.2, 0) is 4.79 Å². The largest absolute Gasteiger partial charge is 0.480 e. The van der Waals surface area contributed by atoms with Gasteiger partial charge in [-0.2, -0.15) is 0 Å². The fourth-order valence-corrected chi connectivity index (χ4v) is 3.83. The first-order chi connectivity index (χ1) is 9.44. The second-order valence-electron chi connectivity index (χ2n) is 7.23. The predicted molar refractivity (Wildman–Crippen MR) is 80.7 cm³/mol. The predicted octanol–water partition coefficient (Wildman–Crippen LogP) is 2.61. The quantitative estimate of drug-likeness (QED) is 0.813. The van der Waals surface area contributed by atoms with Crippen LogP contribution in [0.5, 0.6) is 0 Å². The van der Waals surface area contributed by atoms with Gasteiger partial charge in [-0.3, -0.25) is 4.79 Å². The molecule has 1 aliphatic heterocycles. The highest BCUT2D eigenvalue weighted by Gasteiger charge is 2.35. The van der Waals surface area contributed by atoms with Gasteiger partial charge in [0.1, 0.15) is 5.54 Å². The van der Waals surface area contributed by atoms with Crippen LogP contribution in [0.2, 0.25) is 0 Å². The van der Waals surface area contributed by atoms with Crippen LogP contribution in [0.15, 0.2) is 0 Å². The van der Waals surface area contributed by atoms with E-state index in [1.54, 1.807) is 6.92 Å². The summed E-state index contributed by atoms with van der Waals surface area (Å²) in [5.41, 5.74) is 5.35. The first-order valence-corrected chi connectivity index (χ1v) is 8.18. The highest BCUT2D eigenvalue weighted by Crippen LogP contribution is 2.44. The summed E-state index contributed by atoms with van der Waals surface area (Å²) in [6, 6.07) is 0. The minimum atomic E-state index is -1.07. The second-order valence-corrected chi connectivity index (χ2v) is 7.23. The van der Waals surface area contributed by atoms with E-state index in [9.17, 15) is 4.79 Å². The molecule has 1 saturated carbocycles. The molecule has 1 saturated heterocycles. The Morgan fingerprint density at radius 1 is 1.20 bits per heavy atom. The molecule has 4 nitrogen and oxygen atoms in total. The minimum absolute atomic E-state index is 0.560. The smallest absolute Gasteiger partial charge is 0.323 e. The lowest BCUT2D eigenvalue weighted by Gasteiger charge is -2.44. The molecule has 1 atom stereocenters. The zero-order valence-electron chi connectivity index (χ0n) is 12.9. The van der Waals surface area contributed by atoms with Crippen LogP contribution in [0.25, 0.3) is 0 Å². The fraction of sp³-hybridized carbons (Fsp3) is 0.938. The molecule has 2 aliphatic rings. The second kappa shape index (κ2) is 6.44. The van der Waals surface area contributed by atoms with Crippen LogP contribution in [0.4, 0.5) is 0 Å². The van der Waals surface area contributed by atoms with Crippen molar-refractivity contribution in [1.29, 1.82) is 0 Å². The van der Waals surface area contributed by atoms with E-state index in [-0.39, 0.29) is 0 Å². The SMILES string of the molecule is CC(N)(CCCN1CCC2(CCCCC2)CC1)C(=O)O. The Kier molecular flexibility index (Phi) is 5.08. The van der Waals surface area contributed by atoms with Crippen LogP contribution in [-0.4, -0.2) is 41.1 Å². The zero-order chi connectivity index (χ0) is 14.6. The topological polar surface area (TPSA) is 66.6 Å². The maximum atomic E-state index is 11.0. The van der Waals surface area contributed by atoms with Crippen molar-refractivity contribution in [3.63, 3.8) is 0 Å². The Balaban J connectivity index is 1.68. The first kappa shape index (κ1) is 15.8. The maximum absolute atomic E-state index is 11.0. The van der Waals surface area contributed by atoms with Gasteiger partial charge in [-0.25, -0.2) is 0 Å². The minimum Gasteiger partial charge on any atom is -0.480 e. The average molecular weight is 282 g/mol. The summed E-state index contributed by atoms with van der Waals surface area (Å²) in [6.07, 6.45) is 11.2. The van der Waals surface area contributed by atoms with Crippen LogP contribution in [0.1, 0.15) is 64.7 Å². The highest BCUT2D eigenvalue weighted by atomic mass is 16.4. The summed E-state index contributed by atoms with van der Waals surface area (Å²) in [6.45, 7) is 4.99. The van der Waals surface area contributed by atoms with Gasteiger partial charge in [0, 0.05) is 0 Å². The van der Waals surface area contributed by atoms with Gasteiger partial charge in [-0.15, -0.1) is 0 Å². The molecule has 0 aromatic heterocycles. The summed E-state index contributed by atoms with van der Waals surface area (Å²) < 4.78 is 0. The van der Waals surface area contributed by atoms with E-state index in [4.69, 9.17) is 10.8 Å². The Labute approximate surface area is 122 Å². The number of hydrogen-bond donors (Lipinski definition) is 2. The van der Waals surface area contributed by atoms with Crippen molar-refractivity contribution < 1.29 is 9.90 Å². The van der Waals surface area contributed by atoms with Gasteiger partial charge < -0.3 is 15.7 Å². The molecule has 2 fully saturated rings. The lowest BCUT2D eigenvalue weighted by Crippen LogP contribution is -2.46. The van der Waals surface area contributed by atoms with E-state index < -0.39 is 11.5 Å². The number of piperidine rings is 1. The number of nitrogens with two attached hydrogens (primary N) is 1. The van der Waals surface area contributed by atoms with Crippen molar-refractivity contribution in [3.05, 3.63) is 0 Å². The number of likely N-dealkylation sites (tertiary alicyclic amines) is 1. The van der Waals surface area contributed by atoms with Crippen molar-refractivity contribution in [2.24, 2.45) is 11.1 Å². The molecule has 0 bridgehead atoms. The van der Waals surface area contributed by atoms with Gasteiger partial charge in [-0.05, 0) is 70.5 Å². The number of hydrogen-bond acceptors (Lipinski definition) is 3. The van der Waals surface area contributed by atoms with E-state index in [1.807, 2.05) is 0 Å². The molecule has 1 spiro atoms. The summed E-state index contributed by atoms with van der Waals surface area (Å²) >= 11 is 0. The molecule has 0 aromatic rings. The third kappa shape index (κ3) is 3.95. The van der Waals surface area contributed by atoms with E-state index in [1.165, 1.54) is 58.0 Å². The molecule has 0 radical (unpaired) electrons. The number of rotatable bonds is 5. The van der Waals surface area contributed by atoms with Crippen LogP contribution in [0.3, 0.4) is 0 Å². The molecule has 1 heterocycles. The van der Waals surface area contributed by atoms with Gasteiger partial charge in [0.15, 0.2) is 0 Å². The molecule has 1 aliphatic carbocycles. The Hall–Kier alpha value is -0.610. The first-order valence-electron chi connectivity index (χ1n) is 8.18. The zero-order valence-corrected chi connectivity index (χ0v) is 12.9. The monoisotopic (exact) mass is 282 g/mol. The molecular weight excluding hydrogens is 252 g/mol. The average Bonchev–Trinajstić information content (AvgIpc) is 2.42. The molecule has 116 valence electrons. The normalized spacial score (nSPS) is 26.3. The van der Waals surface area contributed by atoms with Crippen LogP contribution >= 0.6 is 0 Å². The number of aliphatic carboxylic acids is 1. The molecular formula is C16H30N2O2. The summed E-state index contributed by atoms with van der Waals surface area (Å²) in [7, 11) is 0. The summed E-state index contributed by atoms with van der Waals surface area (Å²) in [5, 5.41) is 9.01. The third-order valence-electron chi connectivity index (χ3n) is 5.49. The molecule has 4 heteroatoms. The third-order valence-corrected chi connectivity index (χ3v) is 5.49. The number of carboxylic acids is 1. The molecule has 1 unspecified atom stereocenters. The molecule has 2 rings (SSSR count). The van der Waals surface area contributed by atoms with Gasteiger partial charge in [0.2, 0.25) is 0 Å². The van der Waals surface area contributed by atoms with E-state index >= 15 is 0 Å². The number of carbonyl (C=O) groups is 1. The van der Waals surface area contributed by atoms with E-state index in [0.717, 1.165) is 13.0 Å². The standard InChI is InChI=1S/C16H30N2O2/c1-15(17,14(19)20)6-5-11-18-12-9-16(10-13-18)7-3-2-4-8-16/h2-13,17H2,1H3,(H,19,20). The highest BCUT2D eigenvalue weighted by molar-refractivity contribution is 5.77. The lowest BCUT2D eigenvalue weighted by atomic mass is 9.68. The van der Waals surface area contributed by atoms with Crippen LogP contribution in [0, 0.1) is 5.41 Å². The Morgan fingerprint density at radius 2 is 1.80 bits per heavy atom. The van der Waals surface area contributed by atoms with Crippen molar-refractivity contribution in [1.82, 2.24) is 4.90 Å². The Bertz CT molecular complexity index is 325. The summed E-state index contributed by atoms with van der Waals surface area (Å²) in [5.74, 6) is -0.891. The molecule has 0 aromatic carbocycles. The van der Waals surface area contributed by atoms with E-state index in [2.05, 4.69) is 4.90 Å². The van der Waals surface area contributed by atoms with Gasteiger partial charge in [0.25, 0.3) is 0 Å². The Morgan fingerprint density at radius 3 is 2.35 bits per heavy atom. The van der Waals surface area contributed by atoms with Crippen molar-refractivity contribution in [2.75, 3.05) is 19.6 Å². The van der Waals surface area contributed by atoms with Gasteiger partial charge in [-0.1, -0.05) is 19.3 Å². The maximum Gasteiger partial charge on any atom is 0.323 e. The van der Waals surface area contributed by atoms with Crippen molar-refractivity contribution in [2.45, 2.75) is 70.3 Å². The lowest BCUT2D eigenvalue weighted by molar-refractivity contribution is -0.143. The molecule has 20 heavy (non-hydrogen) atoms. The van der Waals surface area contributed by atoms with Crippen molar-refractivity contribution in [3.8, 4) is 0 Å². The van der Waals surface area contributed by atoms with E-state index in [0.29, 0.717) is 11.8 Å². The summed E-state index contributed by atoms with van der Waals surface area (Å²) in [4.78, 5) is 13.5. The number of carboxylic acid groups (broad SMARTS) is 1. The molecule has 0 amide bonds. The number of nitrogens with zero attached hydrogens (tertiary/aromatic N) is 1. The van der Waals surface area contributed by atoms with Gasteiger partial charge in [0.05, 0.1) is 0 Å². The fourth-order valence-electron chi connectivity index (χ4n) is 3.83. The van der Waals surface area contributed by atoms with Crippen LogP contribution < -0.4 is 5.73 Å². The van der Waals surface area contributed by atoms with Crippen molar-refractivity contribution >= 4 is 5.97 Å². The van der Waals surface area contributed by atoms with Gasteiger partial charge >= 0.3 is 5.97 Å². The molecule has 3 N–H and O–H groups in total.